The first-order valence-corrected chi connectivity index (χ1v) is 6.55. The Morgan fingerprint density at radius 1 is 1.40 bits per heavy atom. The average Bonchev–Trinajstić information content (AvgIpc) is 2.45. The summed E-state index contributed by atoms with van der Waals surface area (Å²) in [6.07, 6.45) is 0.851. The van der Waals surface area contributed by atoms with Crippen LogP contribution in [0.3, 0.4) is 0 Å². The van der Waals surface area contributed by atoms with Gasteiger partial charge in [0.1, 0.15) is 11.3 Å². The van der Waals surface area contributed by atoms with Crippen LogP contribution in [0.25, 0.3) is 0 Å². The highest BCUT2D eigenvalue weighted by atomic mass is 35.5. The van der Waals surface area contributed by atoms with Crippen molar-refractivity contribution in [1.29, 1.82) is 0 Å². The van der Waals surface area contributed by atoms with Crippen LogP contribution in [0.4, 0.5) is 5.69 Å². The largest absolute Gasteiger partial charge is 0.493 e. The number of nitrogens with zero attached hydrogens (tertiary/aromatic N) is 1. The molecule has 1 aliphatic heterocycles. The van der Waals surface area contributed by atoms with E-state index in [1.165, 1.54) is 0 Å². The zero-order valence-electron chi connectivity index (χ0n) is 11.5. The van der Waals surface area contributed by atoms with Crippen LogP contribution in [0, 0.1) is 0 Å². The van der Waals surface area contributed by atoms with Crippen molar-refractivity contribution in [3.8, 4) is 5.75 Å². The van der Waals surface area contributed by atoms with Crippen LogP contribution in [0.1, 0.15) is 23.7 Å². The Bertz CT molecular complexity index is 447. The van der Waals surface area contributed by atoms with Gasteiger partial charge in [-0.25, -0.2) is 4.79 Å². The van der Waals surface area contributed by atoms with Gasteiger partial charge < -0.3 is 19.5 Å². The SMILES string of the molecule is CCCOc1ccc(N2CCOCC2)cc1C(=O)O.Cl. The molecule has 2 rings (SSSR count). The van der Waals surface area contributed by atoms with E-state index in [0.29, 0.717) is 25.6 Å². The van der Waals surface area contributed by atoms with Crippen molar-refractivity contribution in [1.82, 2.24) is 0 Å². The molecule has 6 heteroatoms. The van der Waals surface area contributed by atoms with Gasteiger partial charge in [-0.2, -0.15) is 0 Å². The van der Waals surface area contributed by atoms with Crippen molar-refractivity contribution in [2.24, 2.45) is 0 Å². The minimum absolute atomic E-state index is 0. The van der Waals surface area contributed by atoms with E-state index in [0.717, 1.165) is 25.2 Å². The fourth-order valence-electron chi connectivity index (χ4n) is 2.04. The molecule has 20 heavy (non-hydrogen) atoms. The maximum Gasteiger partial charge on any atom is 0.339 e. The Labute approximate surface area is 124 Å². The number of anilines is 1. The molecule has 112 valence electrons. The fourth-order valence-corrected chi connectivity index (χ4v) is 2.04. The summed E-state index contributed by atoms with van der Waals surface area (Å²) in [6, 6.07) is 5.32. The summed E-state index contributed by atoms with van der Waals surface area (Å²) in [7, 11) is 0. The third-order valence-corrected chi connectivity index (χ3v) is 3.03. The molecule has 0 atom stereocenters. The van der Waals surface area contributed by atoms with E-state index >= 15 is 0 Å². The molecule has 1 saturated heterocycles. The number of rotatable bonds is 5. The molecule has 1 aliphatic rings. The van der Waals surface area contributed by atoms with Gasteiger partial charge in [-0.05, 0) is 24.6 Å². The molecule has 0 aliphatic carbocycles. The first-order chi connectivity index (χ1) is 9.22. The molecule has 1 N–H and O–H groups in total. The molecule has 1 aromatic rings. The smallest absolute Gasteiger partial charge is 0.339 e. The second-order valence-electron chi connectivity index (χ2n) is 4.43. The normalized spacial score (nSPS) is 14.6. The molecule has 0 amide bonds. The van der Waals surface area contributed by atoms with Crippen LogP contribution in [0.5, 0.6) is 5.75 Å². The Balaban J connectivity index is 0.00000200. The number of hydrogen-bond donors (Lipinski definition) is 1. The Kier molecular flexibility index (Phi) is 6.61. The third-order valence-electron chi connectivity index (χ3n) is 3.03. The topological polar surface area (TPSA) is 59.0 Å². The van der Waals surface area contributed by atoms with Crippen molar-refractivity contribution in [2.75, 3.05) is 37.8 Å². The Morgan fingerprint density at radius 2 is 2.10 bits per heavy atom. The highest BCUT2D eigenvalue weighted by Gasteiger charge is 2.16. The van der Waals surface area contributed by atoms with Crippen molar-refractivity contribution in [3.63, 3.8) is 0 Å². The van der Waals surface area contributed by atoms with Crippen molar-refractivity contribution >= 4 is 24.1 Å². The van der Waals surface area contributed by atoms with Crippen LogP contribution in [0.2, 0.25) is 0 Å². The number of benzene rings is 1. The first kappa shape index (κ1) is 16.6. The van der Waals surface area contributed by atoms with Gasteiger partial charge in [0.25, 0.3) is 0 Å². The second kappa shape index (κ2) is 7.97. The van der Waals surface area contributed by atoms with E-state index in [1.54, 1.807) is 12.1 Å². The number of morpholine rings is 1. The number of carbonyl (C=O) groups is 1. The van der Waals surface area contributed by atoms with Gasteiger partial charge in [-0.1, -0.05) is 6.92 Å². The molecule has 0 bridgehead atoms. The third kappa shape index (κ3) is 4.02. The summed E-state index contributed by atoms with van der Waals surface area (Å²) in [5, 5.41) is 9.26. The quantitative estimate of drug-likeness (QED) is 0.905. The Morgan fingerprint density at radius 3 is 2.70 bits per heavy atom. The minimum Gasteiger partial charge on any atom is -0.493 e. The van der Waals surface area contributed by atoms with E-state index in [9.17, 15) is 9.90 Å². The Hall–Kier alpha value is -1.46. The monoisotopic (exact) mass is 301 g/mol. The number of carboxylic acids is 1. The lowest BCUT2D eigenvalue weighted by molar-refractivity contribution is 0.0692. The van der Waals surface area contributed by atoms with Gasteiger partial charge in [0.05, 0.1) is 19.8 Å². The molecule has 1 heterocycles. The van der Waals surface area contributed by atoms with E-state index < -0.39 is 5.97 Å². The van der Waals surface area contributed by atoms with Crippen LogP contribution < -0.4 is 9.64 Å². The van der Waals surface area contributed by atoms with Gasteiger partial charge in [0.2, 0.25) is 0 Å². The summed E-state index contributed by atoms with van der Waals surface area (Å²) < 4.78 is 10.8. The highest BCUT2D eigenvalue weighted by molar-refractivity contribution is 5.92. The maximum atomic E-state index is 11.3. The molecular weight excluding hydrogens is 282 g/mol. The predicted octanol–water partition coefficient (Wildman–Crippen LogP) is 2.43. The fraction of sp³-hybridized carbons (Fsp3) is 0.500. The standard InChI is InChI=1S/C14H19NO4.ClH/c1-2-7-19-13-4-3-11(10-12(13)14(16)17)15-5-8-18-9-6-15;/h3-4,10H,2,5-9H2,1H3,(H,16,17);1H. The molecule has 0 radical (unpaired) electrons. The van der Waals surface area contributed by atoms with Crippen molar-refractivity contribution in [2.45, 2.75) is 13.3 Å². The molecule has 0 spiro atoms. The van der Waals surface area contributed by atoms with Crippen molar-refractivity contribution in [3.05, 3.63) is 23.8 Å². The molecule has 1 aromatic carbocycles. The molecule has 5 nitrogen and oxygen atoms in total. The molecule has 1 fully saturated rings. The van der Waals surface area contributed by atoms with Crippen LogP contribution in [0.15, 0.2) is 18.2 Å². The summed E-state index contributed by atoms with van der Waals surface area (Å²) in [4.78, 5) is 13.4. The van der Waals surface area contributed by atoms with Gasteiger partial charge in [-0.15, -0.1) is 12.4 Å². The summed E-state index contributed by atoms with van der Waals surface area (Å²) in [5.74, 6) is -0.521. The summed E-state index contributed by atoms with van der Waals surface area (Å²) >= 11 is 0. The van der Waals surface area contributed by atoms with Gasteiger partial charge in [0, 0.05) is 18.8 Å². The number of carboxylic acid groups (broad SMARTS) is 1. The van der Waals surface area contributed by atoms with Gasteiger partial charge in [0.15, 0.2) is 0 Å². The zero-order chi connectivity index (χ0) is 13.7. The lowest BCUT2D eigenvalue weighted by atomic mass is 10.1. The number of hydrogen-bond acceptors (Lipinski definition) is 4. The van der Waals surface area contributed by atoms with E-state index in [1.807, 2.05) is 13.0 Å². The summed E-state index contributed by atoms with van der Waals surface area (Å²) in [5.41, 5.74) is 1.13. The van der Waals surface area contributed by atoms with Gasteiger partial charge >= 0.3 is 5.97 Å². The number of ether oxygens (including phenoxy) is 2. The van der Waals surface area contributed by atoms with E-state index in [2.05, 4.69) is 4.90 Å². The zero-order valence-corrected chi connectivity index (χ0v) is 12.3. The number of halogens is 1. The molecule has 0 saturated carbocycles. The molecule has 0 aromatic heterocycles. The lowest BCUT2D eigenvalue weighted by Crippen LogP contribution is -2.36. The first-order valence-electron chi connectivity index (χ1n) is 6.55. The van der Waals surface area contributed by atoms with Gasteiger partial charge in [-0.3, -0.25) is 0 Å². The highest BCUT2D eigenvalue weighted by Crippen LogP contribution is 2.26. The number of aromatic carboxylic acids is 1. The van der Waals surface area contributed by atoms with Crippen LogP contribution >= 0.6 is 12.4 Å². The van der Waals surface area contributed by atoms with E-state index in [-0.39, 0.29) is 18.0 Å². The second-order valence-corrected chi connectivity index (χ2v) is 4.43. The minimum atomic E-state index is -0.957. The predicted molar refractivity (Wildman–Crippen MR) is 79.5 cm³/mol. The van der Waals surface area contributed by atoms with Crippen LogP contribution in [-0.4, -0.2) is 44.0 Å². The molecule has 0 unspecified atom stereocenters. The average molecular weight is 302 g/mol. The van der Waals surface area contributed by atoms with Crippen molar-refractivity contribution < 1.29 is 19.4 Å². The maximum absolute atomic E-state index is 11.3. The summed E-state index contributed by atoms with van der Waals surface area (Å²) in [6.45, 7) is 5.44. The van der Waals surface area contributed by atoms with E-state index in [4.69, 9.17) is 9.47 Å². The van der Waals surface area contributed by atoms with Crippen LogP contribution in [-0.2, 0) is 4.74 Å². The lowest BCUT2D eigenvalue weighted by Gasteiger charge is -2.29. The molecular formula is C14H20ClNO4.